The van der Waals surface area contributed by atoms with Gasteiger partial charge < -0.3 is 5.11 Å². The maximum absolute atomic E-state index is 10.7. The lowest BCUT2D eigenvalue weighted by atomic mass is 10.1. The third-order valence-corrected chi connectivity index (χ3v) is 2.35. The molecule has 1 aromatic heterocycles. The molecule has 3 nitrogen and oxygen atoms in total. The Morgan fingerprint density at radius 1 is 1.38 bits per heavy atom. The van der Waals surface area contributed by atoms with Crippen LogP contribution in [0.15, 0.2) is 42.1 Å². The van der Waals surface area contributed by atoms with Gasteiger partial charge in [-0.05, 0) is 36.8 Å². The van der Waals surface area contributed by atoms with E-state index in [0.29, 0.717) is 5.57 Å². The van der Waals surface area contributed by atoms with Gasteiger partial charge >= 0.3 is 5.97 Å². The first-order chi connectivity index (χ1) is 7.66. The van der Waals surface area contributed by atoms with E-state index in [1.165, 1.54) is 0 Å². The summed E-state index contributed by atoms with van der Waals surface area (Å²) in [6, 6.07) is 9.49. The number of hydrogen-bond acceptors (Lipinski definition) is 2. The highest BCUT2D eigenvalue weighted by Gasteiger charge is 2.00. The summed E-state index contributed by atoms with van der Waals surface area (Å²) in [6.45, 7) is 1.58. The van der Waals surface area contributed by atoms with Crippen LogP contribution in [-0.2, 0) is 4.79 Å². The molecule has 80 valence electrons. The lowest BCUT2D eigenvalue weighted by Gasteiger charge is -1.99. The Balaban J connectivity index is 2.47. The highest BCUT2D eigenvalue weighted by atomic mass is 16.4. The monoisotopic (exact) mass is 213 g/mol. The zero-order valence-corrected chi connectivity index (χ0v) is 8.84. The van der Waals surface area contributed by atoms with Gasteiger partial charge in [0.25, 0.3) is 0 Å². The van der Waals surface area contributed by atoms with Gasteiger partial charge in [0.15, 0.2) is 0 Å². The van der Waals surface area contributed by atoms with Crippen LogP contribution in [0.4, 0.5) is 0 Å². The normalized spacial score (nSPS) is 11.7. The second kappa shape index (κ2) is 4.14. The molecular weight excluding hydrogens is 202 g/mol. The zero-order valence-electron chi connectivity index (χ0n) is 8.84. The minimum Gasteiger partial charge on any atom is -0.478 e. The third-order valence-electron chi connectivity index (χ3n) is 2.35. The number of nitrogens with zero attached hydrogens (tertiary/aromatic N) is 1. The molecule has 0 fully saturated rings. The van der Waals surface area contributed by atoms with Crippen molar-refractivity contribution in [3.05, 3.63) is 47.7 Å². The zero-order chi connectivity index (χ0) is 11.5. The number of hydrogen-bond donors (Lipinski definition) is 1. The number of fused-ring (bicyclic) bond motifs is 1. The van der Waals surface area contributed by atoms with Crippen molar-refractivity contribution < 1.29 is 9.90 Å². The molecule has 0 aliphatic rings. The number of rotatable bonds is 2. The van der Waals surface area contributed by atoms with E-state index in [4.69, 9.17) is 5.11 Å². The Bertz CT molecular complexity index is 573. The quantitative estimate of drug-likeness (QED) is 0.780. The maximum Gasteiger partial charge on any atom is 0.331 e. The number of aliphatic carboxylic acids is 1. The van der Waals surface area contributed by atoms with Gasteiger partial charge in [0.05, 0.1) is 5.52 Å². The van der Waals surface area contributed by atoms with Crippen molar-refractivity contribution in [3.63, 3.8) is 0 Å². The Hall–Kier alpha value is -2.16. The average Bonchev–Trinajstić information content (AvgIpc) is 2.28. The third kappa shape index (κ3) is 2.08. The molecule has 0 saturated carbocycles. The molecular formula is C13H11NO2. The fourth-order valence-corrected chi connectivity index (χ4v) is 1.50. The molecule has 0 aliphatic heterocycles. The van der Waals surface area contributed by atoms with Crippen LogP contribution in [0, 0.1) is 0 Å². The van der Waals surface area contributed by atoms with Crippen molar-refractivity contribution in [2.45, 2.75) is 6.92 Å². The molecule has 0 amide bonds. The number of carboxylic acids is 1. The Morgan fingerprint density at radius 3 is 2.94 bits per heavy atom. The van der Waals surface area contributed by atoms with Gasteiger partial charge in [0.1, 0.15) is 0 Å². The predicted molar refractivity (Wildman–Crippen MR) is 63.0 cm³/mol. The first-order valence-corrected chi connectivity index (χ1v) is 4.93. The number of carboxylic acid groups (broad SMARTS) is 1. The lowest BCUT2D eigenvalue weighted by Crippen LogP contribution is -1.95. The van der Waals surface area contributed by atoms with Crippen molar-refractivity contribution in [3.8, 4) is 0 Å². The van der Waals surface area contributed by atoms with Crippen molar-refractivity contribution in [2.24, 2.45) is 0 Å². The molecule has 1 N–H and O–H groups in total. The molecule has 2 aromatic rings. The van der Waals surface area contributed by atoms with Gasteiger partial charge in [-0.2, -0.15) is 0 Å². The first-order valence-electron chi connectivity index (χ1n) is 4.93. The van der Waals surface area contributed by atoms with Crippen molar-refractivity contribution in [1.29, 1.82) is 0 Å². The molecule has 1 aromatic carbocycles. The van der Waals surface area contributed by atoms with Crippen LogP contribution in [0.3, 0.4) is 0 Å². The number of benzene rings is 1. The molecule has 3 heteroatoms. The van der Waals surface area contributed by atoms with Gasteiger partial charge in [-0.3, -0.25) is 4.98 Å². The summed E-state index contributed by atoms with van der Waals surface area (Å²) in [5.74, 6) is -0.897. The van der Waals surface area contributed by atoms with E-state index in [9.17, 15) is 4.79 Å². The van der Waals surface area contributed by atoms with E-state index < -0.39 is 5.97 Å². The molecule has 0 bridgehead atoms. The predicted octanol–water partition coefficient (Wildman–Crippen LogP) is 2.72. The van der Waals surface area contributed by atoms with Crippen LogP contribution in [0.1, 0.15) is 12.5 Å². The highest BCUT2D eigenvalue weighted by molar-refractivity contribution is 5.92. The summed E-state index contributed by atoms with van der Waals surface area (Å²) in [5.41, 5.74) is 2.11. The van der Waals surface area contributed by atoms with Gasteiger partial charge in [0.2, 0.25) is 0 Å². The summed E-state index contributed by atoms with van der Waals surface area (Å²) in [7, 11) is 0. The highest BCUT2D eigenvalue weighted by Crippen LogP contribution is 2.15. The van der Waals surface area contributed by atoms with Crippen LogP contribution < -0.4 is 0 Å². The van der Waals surface area contributed by atoms with Crippen LogP contribution in [0.25, 0.3) is 17.0 Å². The van der Waals surface area contributed by atoms with Gasteiger partial charge in [-0.1, -0.05) is 12.1 Å². The molecule has 2 rings (SSSR count). The van der Waals surface area contributed by atoms with Crippen LogP contribution in [0.2, 0.25) is 0 Å². The van der Waals surface area contributed by atoms with Gasteiger partial charge in [-0.25, -0.2) is 4.79 Å². The summed E-state index contributed by atoms with van der Waals surface area (Å²) in [6.07, 6.45) is 3.38. The molecule has 0 radical (unpaired) electrons. The summed E-state index contributed by atoms with van der Waals surface area (Å²) in [4.78, 5) is 14.9. The second-order valence-electron chi connectivity index (χ2n) is 3.59. The smallest absolute Gasteiger partial charge is 0.331 e. The van der Waals surface area contributed by atoms with E-state index in [1.54, 1.807) is 19.2 Å². The van der Waals surface area contributed by atoms with Crippen molar-refractivity contribution in [1.82, 2.24) is 4.98 Å². The van der Waals surface area contributed by atoms with E-state index in [1.807, 2.05) is 30.3 Å². The van der Waals surface area contributed by atoms with E-state index >= 15 is 0 Å². The summed E-state index contributed by atoms with van der Waals surface area (Å²) >= 11 is 0. The van der Waals surface area contributed by atoms with Gasteiger partial charge in [-0.15, -0.1) is 0 Å². The number of aromatic nitrogens is 1. The first kappa shape index (κ1) is 10.4. The van der Waals surface area contributed by atoms with Crippen molar-refractivity contribution in [2.75, 3.05) is 0 Å². The van der Waals surface area contributed by atoms with E-state index in [0.717, 1.165) is 16.5 Å². The van der Waals surface area contributed by atoms with E-state index in [-0.39, 0.29) is 0 Å². The topological polar surface area (TPSA) is 50.2 Å². The Labute approximate surface area is 93.1 Å². The molecule has 16 heavy (non-hydrogen) atoms. The number of carbonyl (C=O) groups is 1. The number of pyridine rings is 1. The molecule has 0 saturated heterocycles. The van der Waals surface area contributed by atoms with Crippen LogP contribution in [-0.4, -0.2) is 16.1 Å². The molecule has 0 spiro atoms. The maximum atomic E-state index is 10.7. The summed E-state index contributed by atoms with van der Waals surface area (Å²) in [5, 5.41) is 9.78. The fraction of sp³-hybridized carbons (Fsp3) is 0.0769. The molecule has 0 aliphatic carbocycles. The van der Waals surface area contributed by atoms with Crippen LogP contribution in [0.5, 0.6) is 0 Å². The molecule has 0 atom stereocenters. The largest absolute Gasteiger partial charge is 0.478 e. The Kier molecular flexibility index (Phi) is 2.68. The minimum atomic E-state index is -0.897. The van der Waals surface area contributed by atoms with E-state index in [2.05, 4.69) is 4.98 Å². The Morgan fingerprint density at radius 2 is 2.19 bits per heavy atom. The SMILES string of the molecule is CC(=Cc1ccc2ncccc2c1)C(=O)O. The van der Waals surface area contributed by atoms with Gasteiger partial charge in [0, 0.05) is 17.2 Å². The fourth-order valence-electron chi connectivity index (χ4n) is 1.50. The lowest BCUT2D eigenvalue weighted by molar-refractivity contribution is -0.132. The second-order valence-corrected chi connectivity index (χ2v) is 3.59. The summed E-state index contributed by atoms with van der Waals surface area (Å²) < 4.78 is 0. The molecule has 1 heterocycles. The minimum absolute atomic E-state index is 0.322. The van der Waals surface area contributed by atoms with Crippen LogP contribution >= 0.6 is 0 Å². The average molecular weight is 213 g/mol. The van der Waals surface area contributed by atoms with Crippen molar-refractivity contribution >= 4 is 22.9 Å². The molecule has 0 unspecified atom stereocenters. The standard InChI is InChI=1S/C13H11NO2/c1-9(13(15)16)7-10-4-5-12-11(8-10)3-2-6-14-12/h2-8H,1H3,(H,15,16).